The zero-order chi connectivity index (χ0) is 22.7. The lowest BCUT2D eigenvalue weighted by molar-refractivity contribution is 0.102. The lowest BCUT2D eigenvalue weighted by Crippen LogP contribution is -2.18. The molecule has 0 saturated heterocycles. The van der Waals surface area contributed by atoms with Crippen molar-refractivity contribution in [3.63, 3.8) is 0 Å². The summed E-state index contributed by atoms with van der Waals surface area (Å²) in [6, 6.07) is 20.4. The summed E-state index contributed by atoms with van der Waals surface area (Å²) in [7, 11) is 0. The van der Waals surface area contributed by atoms with Gasteiger partial charge < -0.3 is 10.6 Å². The fraction of sp³-hybridized carbons (Fsp3) is 0.0800. The van der Waals surface area contributed by atoms with Crippen molar-refractivity contribution in [3.05, 3.63) is 107 Å². The van der Waals surface area contributed by atoms with E-state index in [0.29, 0.717) is 22.6 Å². The zero-order valence-electron chi connectivity index (χ0n) is 17.6. The Morgan fingerprint density at radius 1 is 0.844 bits per heavy atom. The number of rotatable bonds is 5. The first-order valence-electron chi connectivity index (χ1n) is 10.0. The van der Waals surface area contributed by atoms with Crippen molar-refractivity contribution >= 4 is 23.2 Å². The molecule has 0 fully saturated rings. The molecule has 4 aromatic rings. The first kappa shape index (κ1) is 21.0. The second-order valence-electron chi connectivity index (χ2n) is 7.33. The standard InChI is InChI=1S/C25H21FN4O2/c1-16-8-7-9-18(14-16)28-24(31)19-10-3-5-12-22(19)29-25(32)20-15-27-30(17(20)2)23-13-6-4-11-21(23)26/h3-15H,1-2H3,(H,28,31)(H,29,32). The number of nitrogens with zero attached hydrogens (tertiary/aromatic N) is 2. The van der Waals surface area contributed by atoms with Crippen LogP contribution in [0.2, 0.25) is 0 Å². The quantitative estimate of drug-likeness (QED) is 0.463. The van der Waals surface area contributed by atoms with Crippen LogP contribution in [0, 0.1) is 19.7 Å². The minimum atomic E-state index is -0.444. The molecule has 160 valence electrons. The van der Waals surface area contributed by atoms with Gasteiger partial charge in [-0.05, 0) is 55.8 Å². The molecule has 0 unspecified atom stereocenters. The number of benzene rings is 3. The van der Waals surface area contributed by atoms with Crippen LogP contribution in [0.5, 0.6) is 0 Å². The molecular weight excluding hydrogens is 407 g/mol. The van der Waals surface area contributed by atoms with Gasteiger partial charge in [-0.3, -0.25) is 9.59 Å². The first-order chi connectivity index (χ1) is 15.4. The predicted molar refractivity (Wildman–Crippen MR) is 122 cm³/mol. The van der Waals surface area contributed by atoms with Crippen LogP contribution >= 0.6 is 0 Å². The topological polar surface area (TPSA) is 76.0 Å². The summed E-state index contributed by atoms with van der Waals surface area (Å²) in [6.45, 7) is 3.62. The molecule has 6 nitrogen and oxygen atoms in total. The van der Waals surface area contributed by atoms with Crippen LogP contribution in [-0.2, 0) is 0 Å². The van der Waals surface area contributed by atoms with Gasteiger partial charge in [-0.25, -0.2) is 9.07 Å². The number of hydrogen-bond donors (Lipinski definition) is 2. The average molecular weight is 428 g/mol. The number of anilines is 2. The van der Waals surface area contributed by atoms with Gasteiger partial charge in [-0.2, -0.15) is 5.10 Å². The van der Waals surface area contributed by atoms with E-state index in [1.54, 1.807) is 55.5 Å². The van der Waals surface area contributed by atoms with E-state index in [1.807, 2.05) is 25.1 Å². The van der Waals surface area contributed by atoms with Crippen LogP contribution in [0.4, 0.5) is 15.8 Å². The fourth-order valence-corrected chi connectivity index (χ4v) is 3.40. The normalized spacial score (nSPS) is 10.6. The Balaban J connectivity index is 1.57. The molecule has 0 aliphatic rings. The van der Waals surface area contributed by atoms with Gasteiger partial charge in [0.15, 0.2) is 0 Å². The number of carbonyl (C=O) groups is 2. The molecule has 3 aromatic carbocycles. The van der Waals surface area contributed by atoms with Gasteiger partial charge in [0.2, 0.25) is 0 Å². The lowest BCUT2D eigenvalue weighted by Gasteiger charge is -2.12. The van der Waals surface area contributed by atoms with Crippen molar-refractivity contribution in [1.29, 1.82) is 0 Å². The molecule has 4 rings (SSSR count). The molecule has 1 aromatic heterocycles. The number of aromatic nitrogens is 2. The third-order valence-electron chi connectivity index (χ3n) is 5.03. The summed E-state index contributed by atoms with van der Waals surface area (Å²) >= 11 is 0. The van der Waals surface area contributed by atoms with Crippen molar-refractivity contribution in [3.8, 4) is 5.69 Å². The molecule has 0 bridgehead atoms. The number of carbonyl (C=O) groups excluding carboxylic acids is 2. The molecule has 32 heavy (non-hydrogen) atoms. The second-order valence-corrected chi connectivity index (χ2v) is 7.33. The zero-order valence-corrected chi connectivity index (χ0v) is 17.6. The lowest BCUT2D eigenvalue weighted by atomic mass is 10.1. The molecular formula is C25H21FN4O2. The van der Waals surface area contributed by atoms with Gasteiger partial charge in [0.1, 0.15) is 11.5 Å². The van der Waals surface area contributed by atoms with Crippen molar-refractivity contribution in [2.45, 2.75) is 13.8 Å². The molecule has 2 amide bonds. The number of para-hydroxylation sites is 2. The maximum Gasteiger partial charge on any atom is 0.259 e. The predicted octanol–water partition coefficient (Wildman–Crippen LogP) is 5.13. The summed E-state index contributed by atoms with van der Waals surface area (Å²) in [4.78, 5) is 25.8. The molecule has 2 N–H and O–H groups in total. The van der Waals surface area contributed by atoms with Crippen LogP contribution in [0.1, 0.15) is 32.0 Å². The van der Waals surface area contributed by atoms with E-state index in [4.69, 9.17) is 0 Å². The largest absolute Gasteiger partial charge is 0.322 e. The van der Waals surface area contributed by atoms with Crippen molar-refractivity contribution in [2.24, 2.45) is 0 Å². The molecule has 0 aliphatic carbocycles. The fourth-order valence-electron chi connectivity index (χ4n) is 3.40. The van der Waals surface area contributed by atoms with Crippen LogP contribution < -0.4 is 10.6 Å². The maximum absolute atomic E-state index is 14.2. The van der Waals surface area contributed by atoms with Crippen LogP contribution in [0.3, 0.4) is 0 Å². The third kappa shape index (κ3) is 4.27. The number of hydrogen-bond acceptors (Lipinski definition) is 3. The van der Waals surface area contributed by atoms with Gasteiger partial charge in [0, 0.05) is 5.69 Å². The van der Waals surface area contributed by atoms with Gasteiger partial charge >= 0.3 is 0 Å². The highest BCUT2D eigenvalue weighted by Gasteiger charge is 2.19. The monoisotopic (exact) mass is 428 g/mol. The number of nitrogens with one attached hydrogen (secondary N) is 2. The molecule has 0 spiro atoms. The average Bonchev–Trinajstić information content (AvgIpc) is 3.15. The van der Waals surface area contributed by atoms with Crippen molar-refractivity contribution in [2.75, 3.05) is 10.6 Å². The number of amides is 2. The summed E-state index contributed by atoms with van der Waals surface area (Å²) in [6.07, 6.45) is 1.38. The Hall–Kier alpha value is -4.26. The molecule has 0 radical (unpaired) electrons. The van der Waals surface area contributed by atoms with E-state index in [0.717, 1.165) is 5.56 Å². The van der Waals surface area contributed by atoms with Crippen LogP contribution in [0.15, 0.2) is 79.0 Å². The molecule has 0 saturated carbocycles. The molecule has 0 aliphatic heterocycles. The summed E-state index contributed by atoms with van der Waals surface area (Å²) in [5.41, 5.74) is 3.38. The maximum atomic E-state index is 14.2. The second kappa shape index (κ2) is 8.85. The van der Waals surface area contributed by atoms with Gasteiger partial charge in [-0.1, -0.05) is 36.4 Å². The van der Waals surface area contributed by atoms with E-state index in [9.17, 15) is 14.0 Å². The van der Waals surface area contributed by atoms with Crippen molar-refractivity contribution < 1.29 is 14.0 Å². The number of aryl methyl sites for hydroxylation is 1. The summed E-state index contributed by atoms with van der Waals surface area (Å²) in [5.74, 6) is -1.23. The summed E-state index contributed by atoms with van der Waals surface area (Å²) in [5, 5.41) is 9.79. The van der Waals surface area contributed by atoms with E-state index in [-0.39, 0.29) is 17.2 Å². The van der Waals surface area contributed by atoms with E-state index in [2.05, 4.69) is 15.7 Å². The van der Waals surface area contributed by atoms with E-state index in [1.165, 1.54) is 16.9 Å². The molecule has 7 heteroatoms. The van der Waals surface area contributed by atoms with Crippen LogP contribution in [0.25, 0.3) is 5.69 Å². The molecule has 0 atom stereocenters. The van der Waals surface area contributed by atoms with E-state index >= 15 is 0 Å². The Bertz CT molecular complexity index is 1310. The number of halogens is 1. The van der Waals surface area contributed by atoms with Gasteiger partial charge in [0.05, 0.1) is 28.7 Å². The van der Waals surface area contributed by atoms with E-state index < -0.39 is 11.7 Å². The third-order valence-corrected chi connectivity index (χ3v) is 5.03. The SMILES string of the molecule is Cc1cccc(NC(=O)c2ccccc2NC(=O)c2cnn(-c3ccccc3F)c2C)c1. The highest BCUT2D eigenvalue weighted by atomic mass is 19.1. The Morgan fingerprint density at radius 2 is 1.56 bits per heavy atom. The summed E-state index contributed by atoms with van der Waals surface area (Å²) < 4.78 is 15.5. The highest BCUT2D eigenvalue weighted by Crippen LogP contribution is 2.21. The van der Waals surface area contributed by atoms with Gasteiger partial charge in [-0.15, -0.1) is 0 Å². The van der Waals surface area contributed by atoms with Crippen LogP contribution in [-0.4, -0.2) is 21.6 Å². The smallest absolute Gasteiger partial charge is 0.259 e. The minimum absolute atomic E-state index is 0.252. The Kier molecular flexibility index (Phi) is 5.81. The minimum Gasteiger partial charge on any atom is -0.322 e. The van der Waals surface area contributed by atoms with Crippen molar-refractivity contribution in [1.82, 2.24) is 9.78 Å². The first-order valence-corrected chi connectivity index (χ1v) is 10.0. The van der Waals surface area contributed by atoms with Gasteiger partial charge in [0.25, 0.3) is 11.8 Å². The molecule has 1 heterocycles. The Labute approximate surface area is 184 Å². The Morgan fingerprint density at radius 3 is 2.34 bits per heavy atom. The highest BCUT2D eigenvalue weighted by molar-refractivity contribution is 6.12.